The average molecular weight is 324 g/mol. The number of sulfonamides is 1. The van der Waals surface area contributed by atoms with E-state index in [1.54, 1.807) is 6.92 Å². The Labute approximate surface area is 120 Å². The van der Waals surface area contributed by atoms with Gasteiger partial charge < -0.3 is 4.74 Å². The minimum atomic E-state index is -4.59. The molecule has 2 atom stereocenters. The maximum absolute atomic E-state index is 12.4. The molecule has 1 saturated heterocycles. The van der Waals surface area contributed by atoms with Gasteiger partial charge in [0, 0.05) is 24.8 Å². The van der Waals surface area contributed by atoms with Crippen LogP contribution in [0, 0.1) is 5.92 Å². The first-order chi connectivity index (χ1) is 9.70. The summed E-state index contributed by atoms with van der Waals surface area (Å²) in [6.45, 7) is 2.75. The highest BCUT2D eigenvalue weighted by Gasteiger charge is 2.33. The van der Waals surface area contributed by atoms with Crippen LogP contribution in [0.1, 0.15) is 19.0 Å². The van der Waals surface area contributed by atoms with Crippen molar-refractivity contribution in [3.63, 3.8) is 0 Å². The third kappa shape index (κ3) is 3.92. The van der Waals surface area contributed by atoms with Gasteiger partial charge in [0.15, 0.2) is 0 Å². The molecule has 1 aliphatic rings. The minimum Gasteiger partial charge on any atom is -0.381 e. The van der Waals surface area contributed by atoms with Crippen LogP contribution >= 0.6 is 0 Å². The molecule has 21 heavy (non-hydrogen) atoms. The lowest BCUT2D eigenvalue weighted by Gasteiger charge is -2.19. The Morgan fingerprint density at radius 1 is 1.43 bits per heavy atom. The summed E-state index contributed by atoms with van der Waals surface area (Å²) in [5, 5.41) is 0. The predicted molar refractivity (Wildman–Crippen MR) is 67.9 cm³/mol. The quantitative estimate of drug-likeness (QED) is 0.917. The molecule has 0 aromatic carbocycles. The zero-order valence-electron chi connectivity index (χ0n) is 11.2. The lowest BCUT2D eigenvalue weighted by Crippen LogP contribution is -2.38. The molecule has 5 nitrogen and oxygen atoms in total. The first-order valence-electron chi connectivity index (χ1n) is 6.33. The maximum Gasteiger partial charge on any atom is 0.433 e. The van der Waals surface area contributed by atoms with Gasteiger partial charge in [-0.1, -0.05) is 0 Å². The number of ether oxygens (including phenoxy) is 1. The fourth-order valence-electron chi connectivity index (χ4n) is 2.06. The number of nitrogens with zero attached hydrogens (tertiary/aromatic N) is 1. The molecule has 9 heteroatoms. The third-order valence-electron chi connectivity index (χ3n) is 3.35. The largest absolute Gasteiger partial charge is 0.433 e. The van der Waals surface area contributed by atoms with Crippen LogP contribution in [-0.4, -0.2) is 32.7 Å². The summed E-state index contributed by atoms with van der Waals surface area (Å²) < 4.78 is 69.0. The number of aromatic nitrogens is 1. The van der Waals surface area contributed by atoms with Crippen molar-refractivity contribution in [1.29, 1.82) is 0 Å². The van der Waals surface area contributed by atoms with Crippen molar-refractivity contribution < 1.29 is 26.3 Å². The molecule has 0 amide bonds. The van der Waals surface area contributed by atoms with Crippen molar-refractivity contribution in [3.05, 3.63) is 24.0 Å². The standard InChI is InChI=1S/C12H15F3N2O3S/c1-8(9-4-5-20-7-9)17-21(18,19)10-2-3-11(16-6-10)12(13,14)15/h2-3,6,8-9,17H,4-5,7H2,1H3. The molecule has 0 aliphatic carbocycles. The van der Waals surface area contributed by atoms with Gasteiger partial charge >= 0.3 is 6.18 Å². The van der Waals surface area contributed by atoms with Gasteiger partial charge in [0.25, 0.3) is 0 Å². The molecule has 1 aromatic heterocycles. The monoisotopic (exact) mass is 324 g/mol. The van der Waals surface area contributed by atoms with Crippen LogP contribution in [0.15, 0.2) is 23.2 Å². The Hall–Kier alpha value is -1.19. The van der Waals surface area contributed by atoms with Gasteiger partial charge in [0.1, 0.15) is 10.6 Å². The van der Waals surface area contributed by atoms with Gasteiger partial charge in [0.05, 0.1) is 6.61 Å². The van der Waals surface area contributed by atoms with E-state index < -0.39 is 21.9 Å². The number of rotatable bonds is 4. The van der Waals surface area contributed by atoms with Crippen molar-refractivity contribution in [2.45, 2.75) is 30.5 Å². The second-order valence-electron chi connectivity index (χ2n) is 4.91. The van der Waals surface area contributed by atoms with E-state index in [1.165, 1.54) is 0 Å². The molecule has 1 aliphatic heterocycles. The van der Waals surface area contributed by atoms with E-state index in [-0.39, 0.29) is 16.9 Å². The molecular weight excluding hydrogens is 309 g/mol. The van der Waals surface area contributed by atoms with Crippen molar-refractivity contribution in [3.8, 4) is 0 Å². The lowest BCUT2D eigenvalue weighted by atomic mass is 10.0. The van der Waals surface area contributed by atoms with Crippen LogP contribution < -0.4 is 4.72 Å². The molecule has 0 spiro atoms. The molecule has 2 heterocycles. The van der Waals surface area contributed by atoms with Gasteiger partial charge in [0.2, 0.25) is 10.0 Å². The van der Waals surface area contributed by atoms with Gasteiger partial charge in [-0.3, -0.25) is 4.98 Å². The molecule has 0 bridgehead atoms. The second kappa shape index (κ2) is 5.90. The maximum atomic E-state index is 12.4. The Morgan fingerprint density at radius 3 is 2.62 bits per heavy atom. The highest BCUT2D eigenvalue weighted by Crippen LogP contribution is 2.27. The molecular formula is C12H15F3N2O3S. The van der Waals surface area contributed by atoms with Crippen molar-refractivity contribution in [1.82, 2.24) is 9.71 Å². The average Bonchev–Trinajstić information content (AvgIpc) is 2.91. The first-order valence-corrected chi connectivity index (χ1v) is 7.82. The lowest BCUT2D eigenvalue weighted by molar-refractivity contribution is -0.141. The van der Waals surface area contributed by atoms with Crippen LogP contribution in [-0.2, 0) is 20.9 Å². The number of alkyl halides is 3. The van der Waals surface area contributed by atoms with Crippen LogP contribution in [0.3, 0.4) is 0 Å². The highest BCUT2D eigenvalue weighted by atomic mass is 32.2. The SMILES string of the molecule is CC(NS(=O)(=O)c1ccc(C(F)(F)F)nc1)C1CCOC1. The Bertz CT molecular complexity index is 581. The van der Waals surface area contributed by atoms with E-state index in [0.29, 0.717) is 25.5 Å². The molecule has 1 N–H and O–H groups in total. The molecule has 118 valence electrons. The summed E-state index contributed by atoms with van der Waals surface area (Å²) in [7, 11) is -3.89. The summed E-state index contributed by atoms with van der Waals surface area (Å²) in [4.78, 5) is 2.86. The summed E-state index contributed by atoms with van der Waals surface area (Å²) in [5.41, 5.74) is -1.13. The molecule has 1 fully saturated rings. The zero-order valence-corrected chi connectivity index (χ0v) is 12.0. The molecule has 2 unspecified atom stereocenters. The summed E-state index contributed by atoms with van der Waals surface area (Å²) in [6.07, 6.45) is -3.14. The molecule has 1 aromatic rings. The van der Waals surface area contributed by atoms with Crippen molar-refractivity contribution in [2.24, 2.45) is 5.92 Å². The number of hydrogen-bond acceptors (Lipinski definition) is 4. The Kier molecular flexibility index (Phi) is 4.54. The van der Waals surface area contributed by atoms with Crippen LogP contribution in [0.2, 0.25) is 0 Å². The normalized spacial score (nSPS) is 21.4. The first kappa shape index (κ1) is 16.2. The fourth-order valence-corrected chi connectivity index (χ4v) is 3.32. The smallest absolute Gasteiger partial charge is 0.381 e. The third-order valence-corrected chi connectivity index (χ3v) is 4.89. The van der Waals surface area contributed by atoms with Crippen molar-refractivity contribution >= 4 is 10.0 Å². The van der Waals surface area contributed by atoms with Gasteiger partial charge in [-0.15, -0.1) is 0 Å². The molecule has 2 rings (SSSR count). The van der Waals surface area contributed by atoms with E-state index >= 15 is 0 Å². The van der Waals surface area contributed by atoms with Crippen LogP contribution in [0.4, 0.5) is 13.2 Å². The number of nitrogens with one attached hydrogen (secondary N) is 1. The van der Waals surface area contributed by atoms with Gasteiger partial charge in [-0.05, 0) is 25.5 Å². The van der Waals surface area contributed by atoms with E-state index in [4.69, 9.17) is 4.74 Å². The topological polar surface area (TPSA) is 68.3 Å². The summed E-state index contributed by atoms with van der Waals surface area (Å²) >= 11 is 0. The second-order valence-corrected chi connectivity index (χ2v) is 6.62. The number of halogens is 3. The van der Waals surface area contributed by atoms with E-state index in [9.17, 15) is 21.6 Å². The van der Waals surface area contributed by atoms with E-state index in [1.807, 2.05) is 0 Å². The van der Waals surface area contributed by atoms with Crippen LogP contribution in [0.5, 0.6) is 0 Å². The van der Waals surface area contributed by atoms with Gasteiger partial charge in [-0.25, -0.2) is 13.1 Å². The molecule has 0 saturated carbocycles. The summed E-state index contributed by atoms with van der Waals surface area (Å²) in [6, 6.07) is 1.19. The van der Waals surface area contributed by atoms with E-state index in [0.717, 1.165) is 12.5 Å². The number of pyridine rings is 1. The predicted octanol–water partition coefficient (Wildman–Crippen LogP) is 1.80. The summed E-state index contributed by atoms with van der Waals surface area (Å²) in [5.74, 6) is 0.0576. The fraction of sp³-hybridized carbons (Fsp3) is 0.583. The van der Waals surface area contributed by atoms with E-state index in [2.05, 4.69) is 9.71 Å². The number of hydrogen-bond donors (Lipinski definition) is 1. The van der Waals surface area contributed by atoms with Crippen LogP contribution in [0.25, 0.3) is 0 Å². The van der Waals surface area contributed by atoms with Crippen molar-refractivity contribution in [2.75, 3.05) is 13.2 Å². The zero-order chi connectivity index (χ0) is 15.7. The Morgan fingerprint density at radius 2 is 2.14 bits per heavy atom. The Balaban J connectivity index is 2.12. The van der Waals surface area contributed by atoms with Gasteiger partial charge in [-0.2, -0.15) is 13.2 Å². The molecule has 0 radical (unpaired) electrons. The minimum absolute atomic E-state index is 0.0576. The highest BCUT2D eigenvalue weighted by molar-refractivity contribution is 7.89.